The lowest BCUT2D eigenvalue weighted by Crippen LogP contribution is -2.29. The van der Waals surface area contributed by atoms with Crippen molar-refractivity contribution >= 4 is 0 Å². The molecule has 2 rings (SSSR count). The van der Waals surface area contributed by atoms with Crippen LogP contribution in [0.4, 0.5) is 0 Å². The quantitative estimate of drug-likeness (QED) is 0.0506. The predicted molar refractivity (Wildman–Crippen MR) is 226 cm³/mol. The molecule has 1 aliphatic rings. The molecule has 298 valence electrons. The highest BCUT2D eigenvalue weighted by Gasteiger charge is 2.24. The van der Waals surface area contributed by atoms with E-state index in [9.17, 15) is 0 Å². The summed E-state index contributed by atoms with van der Waals surface area (Å²) in [5.41, 5.74) is 0. The molecule has 0 amide bonds. The van der Waals surface area contributed by atoms with E-state index in [0.29, 0.717) is 6.04 Å². The first-order valence-corrected chi connectivity index (χ1v) is 22.3. The Morgan fingerprint density at radius 2 is 1.15 bits per heavy atom. The van der Waals surface area contributed by atoms with Crippen LogP contribution in [-0.4, -0.2) is 60.0 Å². The minimum Gasteiger partial charge on any atom is -0.379 e. The fourth-order valence-electron chi connectivity index (χ4n) is 7.03. The second-order valence-electron chi connectivity index (χ2n) is 15.3. The van der Waals surface area contributed by atoms with Gasteiger partial charge in [0.1, 0.15) is 0 Å². The van der Waals surface area contributed by atoms with E-state index in [4.69, 9.17) is 9.47 Å². The molecule has 52 heavy (non-hydrogen) atoms. The van der Waals surface area contributed by atoms with Crippen LogP contribution in [0.2, 0.25) is 0 Å². The van der Waals surface area contributed by atoms with Crippen LogP contribution >= 0.6 is 0 Å². The van der Waals surface area contributed by atoms with E-state index in [1.807, 2.05) is 12.5 Å². The molecule has 5 nitrogen and oxygen atoms in total. The summed E-state index contributed by atoms with van der Waals surface area (Å²) in [4.78, 5) is 6.86. The van der Waals surface area contributed by atoms with Crippen LogP contribution in [0, 0.1) is 0 Å². The van der Waals surface area contributed by atoms with Crippen molar-refractivity contribution in [2.75, 3.05) is 39.5 Å². The van der Waals surface area contributed by atoms with Gasteiger partial charge in [0.2, 0.25) is 0 Å². The van der Waals surface area contributed by atoms with Gasteiger partial charge in [-0.2, -0.15) is 0 Å². The van der Waals surface area contributed by atoms with E-state index < -0.39 is 0 Å². The lowest BCUT2D eigenvalue weighted by atomic mass is 10.1. The highest BCUT2D eigenvalue weighted by atomic mass is 16.5. The first-order chi connectivity index (χ1) is 25.8. The molecule has 0 spiro atoms. The number of allylic oxidation sites excluding steroid dienone is 8. The number of likely N-dealkylation sites (tertiary alicyclic amines) is 1. The summed E-state index contributed by atoms with van der Waals surface area (Å²) in [7, 11) is 0. The second kappa shape index (κ2) is 36.0. The number of hydrogen-bond acceptors (Lipinski definition) is 4. The Kier molecular flexibility index (Phi) is 32.0. The summed E-state index contributed by atoms with van der Waals surface area (Å²) >= 11 is 0. The van der Waals surface area contributed by atoms with Crippen molar-refractivity contribution in [3.05, 3.63) is 67.3 Å². The molecule has 2 heterocycles. The number of nitrogens with zero attached hydrogens (tertiary/aromatic N) is 3. The van der Waals surface area contributed by atoms with E-state index in [2.05, 4.69) is 83.1 Å². The van der Waals surface area contributed by atoms with Gasteiger partial charge in [0.15, 0.2) is 0 Å². The molecule has 1 aromatic heterocycles. The number of imidazole rings is 1. The molecule has 1 aliphatic heterocycles. The second-order valence-corrected chi connectivity index (χ2v) is 15.3. The van der Waals surface area contributed by atoms with Gasteiger partial charge in [-0.15, -0.1) is 0 Å². The molecule has 0 aliphatic carbocycles. The van der Waals surface area contributed by atoms with Crippen LogP contribution < -0.4 is 0 Å². The molecule has 2 atom stereocenters. The van der Waals surface area contributed by atoms with Crippen molar-refractivity contribution in [2.24, 2.45) is 0 Å². The van der Waals surface area contributed by atoms with E-state index in [1.165, 1.54) is 148 Å². The fourth-order valence-corrected chi connectivity index (χ4v) is 7.03. The summed E-state index contributed by atoms with van der Waals surface area (Å²) in [5.74, 6) is 0. The first-order valence-electron chi connectivity index (χ1n) is 22.3. The maximum Gasteiger partial charge on any atom is 0.0948 e. The van der Waals surface area contributed by atoms with Crippen molar-refractivity contribution in [3.63, 3.8) is 0 Å². The number of rotatable bonds is 37. The summed E-state index contributed by atoms with van der Waals surface area (Å²) in [6, 6.07) is 0.556. The Labute approximate surface area is 322 Å². The smallest absolute Gasteiger partial charge is 0.0948 e. The van der Waals surface area contributed by atoms with Gasteiger partial charge >= 0.3 is 0 Å². The summed E-state index contributed by atoms with van der Waals surface area (Å²) in [6.45, 7) is 10.4. The van der Waals surface area contributed by atoms with Crippen molar-refractivity contribution in [2.45, 2.75) is 193 Å². The zero-order valence-electron chi connectivity index (χ0n) is 34.3. The van der Waals surface area contributed by atoms with Crippen molar-refractivity contribution < 1.29 is 9.47 Å². The third-order valence-corrected chi connectivity index (χ3v) is 10.5. The molecule has 0 bridgehead atoms. The largest absolute Gasteiger partial charge is 0.379 e. The molecular formula is C47H83N3O2. The molecule has 1 fully saturated rings. The number of aromatic nitrogens is 2. The summed E-state index contributed by atoms with van der Waals surface area (Å²) in [6.07, 6.45) is 57.9. The normalized spacial score (nSPS) is 16.2. The lowest BCUT2D eigenvalue weighted by molar-refractivity contribution is -0.0256. The van der Waals surface area contributed by atoms with Crippen molar-refractivity contribution in [3.8, 4) is 0 Å². The van der Waals surface area contributed by atoms with Gasteiger partial charge in [-0.05, 0) is 89.9 Å². The van der Waals surface area contributed by atoms with Crippen LogP contribution in [0.3, 0.4) is 0 Å². The Morgan fingerprint density at radius 3 is 1.69 bits per heavy atom. The van der Waals surface area contributed by atoms with E-state index in [-0.39, 0.29) is 6.10 Å². The molecule has 0 aromatic carbocycles. The molecule has 1 saturated heterocycles. The van der Waals surface area contributed by atoms with Gasteiger partial charge in [0.25, 0.3) is 0 Å². The van der Waals surface area contributed by atoms with Gasteiger partial charge in [-0.25, -0.2) is 4.98 Å². The van der Waals surface area contributed by atoms with Crippen LogP contribution in [-0.2, 0) is 9.47 Å². The van der Waals surface area contributed by atoms with Gasteiger partial charge in [-0.3, -0.25) is 0 Å². The van der Waals surface area contributed by atoms with Gasteiger partial charge in [0, 0.05) is 51.3 Å². The Bertz CT molecular complexity index is 985. The predicted octanol–water partition coefficient (Wildman–Crippen LogP) is 13.5. The van der Waals surface area contributed by atoms with Gasteiger partial charge in [-0.1, -0.05) is 140 Å². The zero-order chi connectivity index (χ0) is 36.8. The SMILES string of the molecule is CCCCCC=CCC=CCCCCCCCCOCC(CCN1CCC(n2ccnc2)C1)OCCCCCCCCC=CCC=CCCCCC. The van der Waals surface area contributed by atoms with Crippen LogP contribution in [0.25, 0.3) is 0 Å². The molecule has 2 unspecified atom stereocenters. The van der Waals surface area contributed by atoms with Crippen LogP contribution in [0.5, 0.6) is 0 Å². The zero-order valence-corrected chi connectivity index (χ0v) is 34.3. The van der Waals surface area contributed by atoms with Gasteiger partial charge in [0.05, 0.1) is 19.0 Å². The topological polar surface area (TPSA) is 39.5 Å². The van der Waals surface area contributed by atoms with Crippen LogP contribution in [0.1, 0.15) is 187 Å². The summed E-state index contributed by atoms with van der Waals surface area (Å²) < 4.78 is 14.9. The number of ether oxygens (including phenoxy) is 2. The molecular weight excluding hydrogens is 639 g/mol. The minimum absolute atomic E-state index is 0.204. The van der Waals surface area contributed by atoms with Crippen molar-refractivity contribution in [1.82, 2.24) is 14.5 Å². The van der Waals surface area contributed by atoms with E-state index in [0.717, 1.165) is 58.7 Å². The minimum atomic E-state index is 0.204. The summed E-state index contributed by atoms with van der Waals surface area (Å²) in [5, 5.41) is 0. The van der Waals surface area contributed by atoms with E-state index >= 15 is 0 Å². The van der Waals surface area contributed by atoms with E-state index in [1.54, 1.807) is 0 Å². The fraction of sp³-hybridized carbons (Fsp3) is 0.766. The number of hydrogen-bond donors (Lipinski definition) is 0. The maximum absolute atomic E-state index is 6.46. The monoisotopic (exact) mass is 722 g/mol. The van der Waals surface area contributed by atoms with Gasteiger partial charge < -0.3 is 18.9 Å². The Hall–Kier alpha value is -1.95. The molecule has 1 aromatic rings. The Balaban J connectivity index is 1.50. The first kappa shape index (κ1) is 46.2. The highest BCUT2D eigenvalue weighted by molar-refractivity contribution is 4.93. The highest BCUT2D eigenvalue weighted by Crippen LogP contribution is 2.22. The standard InChI is InChI=1S/C47H83N3O2/c1-3-5-7-9-11-13-15-17-19-21-23-25-27-29-31-33-41-51-44-47(36-39-49-38-35-46(43-49)50-40-37-48-45-50)52-42-34-32-30-28-26-24-22-20-18-16-14-12-10-8-6-4-2/h11-14,17-20,37,40,45-47H,3-10,15-16,21-36,38-39,41-44H2,1-2H3. The van der Waals surface area contributed by atoms with Crippen LogP contribution in [0.15, 0.2) is 67.3 Å². The third kappa shape index (κ3) is 27.6. The average Bonchev–Trinajstić information content (AvgIpc) is 3.87. The average molecular weight is 722 g/mol. The molecule has 5 heteroatoms. The maximum atomic E-state index is 6.46. The Morgan fingerprint density at radius 1 is 0.635 bits per heavy atom. The third-order valence-electron chi connectivity index (χ3n) is 10.5. The molecule has 0 radical (unpaired) electrons. The van der Waals surface area contributed by atoms with Crippen molar-refractivity contribution in [1.29, 1.82) is 0 Å². The molecule has 0 N–H and O–H groups in total. The molecule has 0 saturated carbocycles. The number of unbranched alkanes of at least 4 members (excludes halogenated alkanes) is 18. The lowest BCUT2D eigenvalue weighted by Gasteiger charge is -2.22.